The van der Waals surface area contributed by atoms with Crippen LogP contribution in [0.3, 0.4) is 0 Å². The highest BCUT2D eigenvalue weighted by Gasteiger charge is 2.37. The van der Waals surface area contributed by atoms with Crippen molar-refractivity contribution in [2.24, 2.45) is 5.92 Å². The molecular formula is C20H25N3O5. The van der Waals surface area contributed by atoms with Crippen LogP contribution >= 0.6 is 0 Å². The molecular weight excluding hydrogens is 362 g/mol. The standard InChI is InChI=1S/C20H25N3O5/c1-13(2)12-28-20(27)21-14-7-9-22(10-8-14)17(24)11-23-18(25)15-5-3-4-6-16(15)19(23)26/h3-6,13-14H,7-12H2,1-2H3,(H,21,27). The normalized spacial score (nSPS) is 17.1. The van der Waals surface area contributed by atoms with Crippen LogP contribution in [-0.4, -0.2) is 65.9 Å². The number of likely N-dealkylation sites (tertiary alicyclic amines) is 1. The van der Waals surface area contributed by atoms with Gasteiger partial charge in [0.2, 0.25) is 5.91 Å². The molecule has 1 N–H and O–H groups in total. The fraction of sp³-hybridized carbons (Fsp3) is 0.500. The Morgan fingerprint density at radius 3 is 2.21 bits per heavy atom. The summed E-state index contributed by atoms with van der Waals surface area (Å²) in [5, 5.41) is 2.82. The summed E-state index contributed by atoms with van der Waals surface area (Å²) in [6, 6.07) is 6.52. The SMILES string of the molecule is CC(C)COC(=O)NC1CCN(C(=O)CN2C(=O)c3ccccc3C2=O)CC1. The van der Waals surface area contributed by atoms with Gasteiger partial charge in [0.25, 0.3) is 11.8 Å². The summed E-state index contributed by atoms with van der Waals surface area (Å²) in [5.74, 6) is -0.862. The van der Waals surface area contributed by atoms with Gasteiger partial charge in [0.05, 0.1) is 17.7 Å². The van der Waals surface area contributed by atoms with E-state index in [4.69, 9.17) is 4.74 Å². The van der Waals surface area contributed by atoms with Gasteiger partial charge in [0.1, 0.15) is 6.54 Å². The summed E-state index contributed by atoms with van der Waals surface area (Å²) >= 11 is 0. The summed E-state index contributed by atoms with van der Waals surface area (Å²) in [6.45, 7) is 4.94. The highest BCUT2D eigenvalue weighted by molar-refractivity contribution is 6.22. The predicted octanol–water partition coefficient (Wildman–Crippen LogP) is 1.66. The van der Waals surface area contributed by atoms with Crippen molar-refractivity contribution in [1.29, 1.82) is 0 Å². The van der Waals surface area contributed by atoms with Crippen LogP contribution in [0.2, 0.25) is 0 Å². The number of hydrogen-bond acceptors (Lipinski definition) is 5. The monoisotopic (exact) mass is 387 g/mol. The maximum atomic E-state index is 12.6. The molecule has 0 saturated carbocycles. The third-order valence-electron chi connectivity index (χ3n) is 4.89. The zero-order valence-corrected chi connectivity index (χ0v) is 16.1. The largest absolute Gasteiger partial charge is 0.449 e. The Hall–Kier alpha value is -2.90. The molecule has 0 unspecified atom stereocenters. The molecule has 1 saturated heterocycles. The number of alkyl carbamates (subject to hydrolysis) is 1. The van der Waals surface area contributed by atoms with Crippen molar-refractivity contribution in [3.8, 4) is 0 Å². The maximum Gasteiger partial charge on any atom is 0.407 e. The number of imide groups is 1. The van der Waals surface area contributed by atoms with Crippen LogP contribution in [0.1, 0.15) is 47.4 Å². The number of amides is 4. The fourth-order valence-corrected chi connectivity index (χ4v) is 3.34. The number of fused-ring (bicyclic) bond motifs is 1. The number of nitrogens with one attached hydrogen (secondary N) is 1. The van der Waals surface area contributed by atoms with Gasteiger partial charge in [-0.15, -0.1) is 0 Å². The van der Waals surface area contributed by atoms with Crippen LogP contribution in [-0.2, 0) is 9.53 Å². The highest BCUT2D eigenvalue weighted by Crippen LogP contribution is 2.22. The number of piperidine rings is 1. The van der Waals surface area contributed by atoms with Crippen LogP contribution < -0.4 is 5.32 Å². The fourth-order valence-electron chi connectivity index (χ4n) is 3.34. The minimum atomic E-state index is -0.440. The van der Waals surface area contributed by atoms with E-state index in [9.17, 15) is 19.2 Å². The van der Waals surface area contributed by atoms with Crippen molar-refractivity contribution in [2.45, 2.75) is 32.7 Å². The van der Waals surface area contributed by atoms with Crippen LogP contribution in [0, 0.1) is 5.92 Å². The molecule has 0 aliphatic carbocycles. The zero-order valence-electron chi connectivity index (χ0n) is 16.1. The van der Waals surface area contributed by atoms with Crippen LogP contribution in [0.25, 0.3) is 0 Å². The first-order chi connectivity index (χ1) is 13.4. The molecule has 0 bridgehead atoms. The minimum absolute atomic E-state index is 0.0528. The van der Waals surface area contributed by atoms with Crippen LogP contribution in [0.15, 0.2) is 24.3 Å². The van der Waals surface area contributed by atoms with Gasteiger partial charge in [-0.2, -0.15) is 0 Å². The Balaban J connectivity index is 1.48. The van der Waals surface area contributed by atoms with Crippen molar-refractivity contribution >= 4 is 23.8 Å². The molecule has 28 heavy (non-hydrogen) atoms. The lowest BCUT2D eigenvalue weighted by atomic mass is 10.1. The molecule has 2 aliphatic heterocycles. The first-order valence-electron chi connectivity index (χ1n) is 9.53. The second-order valence-electron chi connectivity index (χ2n) is 7.53. The molecule has 0 atom stereocenters. The van der Waals surface area contributed by atoms with Gasteiger partial charge in [-0.25, -0.2) is 4.79 Å². The second kappa shape index (κ2) is 8.41. The Morgan fingerprint density at radius 2 is 1.68 bits per heavy atom. The van der Waals surface area contributed by atoms with Crippen LogP contribution in [0.5, 0.6) is 0 Å². The number of carbonyl (C=O) groups is 4. The molecule has 3 rings (SSSR count). The molecule has 2 aliphatic rings. The maximum absolute atomic E-state index is 12.6. The first kappa shape index (κ1) is 19.9. The lowest BCUT2D eigenvalue weighted by Gasteiger charge is -2.33. The van der Waals surface area contributed by atoms with E-state index < -0.39 is 17.9 Å². The Labute approximate surface area is 163 Å². The third kappa shape index (κ3) is 4.32. The Kier molecular flexibility index (Phi) is 5.96. The van der Waals surface area contributed by atoms with Gasteiger partial charge in [0, 0.05) is 19.1 Å². The van der Waals surface area contributed by atoms with Gasteiger partial charge >= 0.3 is 6.09 Å². The number of ether oxygens (including phenoxy) is 1. The molecule has 1 aromatic carbocycles. The van der Waals surface area contributed by atoms with E-state index in [2.05, 4.69) is 5.32 Å². The molecule has 0 spiro atoms. The minimum Gasteiger partial charge on any atom is -0.449 e. The molecule has 0 radical (unpaired) electrons. The average Bonchev–Trinajstić information content (AvgIpc) is 2.92. The van der Waals surface area contributed by atoms with Crippen molar-refractivity contribution in [2.75, 3.05) is 26.2 Å². The van der Waals surface area contributed by atoms with E-state index in [1.807, 2.05) is 13.8 Å². The topological polar surface area (TPSA) is 96.0 Å². The number of hydrogen-bond donors (Lipinski definition) is 1. The van der Waals surface area contributed by atoms with E-state index in [1.54, 1.807) is 29.2 Å². The first-order valence-corrected chi connectivity index (χ1v) is 9.53. The molecule has 0 aromatic heterocycles. The Bertz CT molecular complexity index is 749. The molecule has 2 heterocycles. The molecule has 4 amide bonds. The number of nitrogens with zero attached hydrogens (tertiary/aromatic N) is 2. The molecule has 1 aromatic rings. The second-order valence-corrected chi connectivity index (χ2v) is 7.53. The summed E-state index contributed by atoms with van der Waals surface area (Å²) in [4.78, 5) is 51.7. The lowest BCUT2D eigenvalue weighted by molar-refractivity contribution is -0.132. The number of rotatable bonds is 5. The van der Waals surface area contributed by atoms with Gasteiger partial charge in [0.15, 0.2) is 0 Å². The van der Waals surface area contributed by atoms with Gasteiger partial charge in [-0.1, -0.05) is 26.0 Å². The molecule has 150 valence electrons. The van der Waals surface area contributed by atoms with Gasteiger partial charge < -0.3 is 15.0 Å². The summed E-state index contributed by atoms with van der Waals surface area (Å²) in [5.41, 5.74) is 0.672. The number of benzene rings is 1. The van der Waals surface area contributed by atoms with Gasteiger partial charge in [-0.05, 0) is 30.9 Å². The van der Waals surface area contributed by atoms with E-state index in [0.717, 1.165) is 4.90 Å². The highest BCUT2D eigenvalue weighted by atomic mass is 16.5. The third-order valence-corrected chi connectivity index (χ3v) is 4.89. The van der Waals surface area contributed by atoms with Crippen molar-refractivity contribution in [3.05, 3.63) is 35.4 Å². The quantitative estimate of drug-likeness (QED) is 0.775. The average molecular weight is 387 g/mol. The van der Waals surface area contributed by atoms with E-state index in [1.165, 1.54) is 0 Å². The summed E-state index contributed by atoms with van der Waals surface area (Å²) < 4.78 is 5.11. The molecule has 8 nitrogen and oxygen atoms in total. The Morgan fingerprint density at radius 1 is 1.11 bits per heavy atom. The van der Waals surface area contributed by atoms with Gasteiger partial charge in [-0.3, -0.25) is 19.3 Å². The van der Waals surface area contributed by atoms with Crippen molar-refractivity contribution < 1.29 is 23.9 Å². The summed E-state index contributed by atoms with van der Waals surface area (Å²) in [7, 11) is 0. The zero-order chi connectivity index (χ0) is 20.3. The predicted molar refractivity (Wildman–Crippen MR) is 101 cm³/mol. The van der Waals surface area contributed by atoms with Crippen molar-refractivity contribution in [1.82, 2.24) is 15.1 Å². The van der Waals surface area contributed by atoms with E-state index in [-0.39, 0.29) is 24.4 Å². The van der Waals surface area contributed by atoms with E-state index >= 15 is 0 Å². The number of carbonyl (C=O) groups excluding carboxylic acids is 4. The molecule has 1 fully saturated rings. The van der Waals surface area contributed by atoms with Crippen molar-refractivity contribution in [3.63, 3.8) is 0 Å². The lowest BCUT2D eigenvalue weighted by Crippen LogP contribution is -2.49. The molecule has 8 heteroatoms. The van der Waals surface area contributed by atoms with Crippen LogP contribution in [0.4, 0.5) is 4.79 Å². The smallest absolute Gasteiger partial charge is 0.407 e. The summed E-state index contributed by atoms with van der Waals surface area (Å²) in [6.07, 6.45) is 0.763. The van der Waals surface area contributed by atoms with E-state index in [0.29, 0.717) is 43.7 Å².